The summed E-state index contributed by atoms with van der Waals surface area (Å²) in [5.74, 6) is 2.96. The normalized spacial score (nSPS) is 23.4. The van der Waals surface area contributed by atoms with E-state index in [-0.39, 0.29) is 18.7 Å². The van der Waals surface area contributed by atoms with Crippen molar-refractivity contribution in [2.24, 2.45) is 5.73 Å². The highest BCUT2D eigenvalue weighted by molar-refractivity contribution is 6.11. The number of anilines is 1. The van der Waals surface area contributed by atoms with Crippen molar-refractivity contribution in [1.82, 2.24) is 5.32 Å². The van der Waals surface area contributed by atoms with Crippen LogP contribution in [0, 0.1) is 6.92 Å². The third-order valence-electron chi connectivity index (χ3n) is 6.60. The molecule has 3 aromatic rings. The molecule has 0 bridgehead atoms. The molecule has 2 aromatic carbocycles. The molecule has 7 heteroatoms. The molecule has 0 saturated heterocycles. The van der Waals surface area contributed by atoms with Crippen molar-refractivity contribution in [2.45, 2.75) is 24.9 Å². The van der Waals surface area contributed by atoms with Gasteiger partial charge >= 0.3 is 0 Å². The Kier molecular flexibility index (Phi) is 3.94. The van der Waals surface area contributed by atoms with Crippen LogP contribution in [-0.4, -0.2) is 25.8 Å². The molecule has 2 atom stereocenters. The lowest BCUT2D eigenvalue weighted by Crippen LogP contribution is -2.53. The second kappa shape index (κ2) is 6.60. The third kappa shape index (κ3) is 2.50. The minimum Gasteiger partial charge on any atom is -0.464 e. The van der Waals surface area contributed by atoms with Crippen LogP contribution in [0.1, 0.15) is 34.3 Å². The van der Waals surface area contributed by atoms with Crippen LogP contribution in [-0.2, 0) is 16.8 Å². The molecule has 6 rings (SSSR count). The Hall–Kier alpha value is -3.29. The topological polar surface area (TPSA) is 90.0 Å². The Morgan fingerprint density at radius 1 is 1.13 bits per heavy atom. The fraction of sp³-hybridized carbons (Fsp3) is 0.292. The number of para-hydroxylation sites is 1. The summed E-state index contributed by atoms with van der Waals surface area (Å²) in [5.41, 5.74) is 9.00. The van der Waals surface area contributed by atoms with Crippen LogP contribution < -0.4 is 25.4 Å². The number of carbonyl (C=O) groups excluding carboxylic acids is 1. The number of aryl methyl sites for hydroxylation is 1. The molecule has 158 valence electrons. The summed E-state index contributed by atoms with van der Waals surface area (Å²) in [5, 5.41) is 3.52. The first-order valence-electron chi connectivity index (χ1n) is 10.5. The maximum atomic E-state index is 14.1. The van der Waals surface area contributed by atoms with Gasteiger partial charge in [0.1, 0.15) is 16.9 Å². The maximum absolute atomic E-state index is 14.1. The number of fused-ring (bicyclic) bond motifs is 5. The highest BCUT2D eigenvalue weighted by Gasteiger charge is 2.55. The average Bonchev–Trinajstić information content (AvgIpc) is 3.47. The first-order valence-corrected chi connectivity index (χ1v) is 10.5. The van der Waals surface area contributed by atoms with Crippen molar-refractivity contribution in [3.8, 4) is 11.5 Å². The fourth-order valence-corrected chi connectivity index (χ4v) is 5.15. The van der Waals surface area contributed by atoms with Gasteiger partial charge in [0.05, 0.1) is 6.54 Å². The van der Waals surface area contributed by atoms with Crippen LogP contribution in [0.4, 0.5) is 5.69 Å². The second-order valence-electron chi connectivity index (χ2n) is 8.29. The molecule has 0 fully saturated rings. The number of nitrogens with zero attached hydrogens (tertiary/aromatic N) is 1. The Labute approximate surface area is 179 Å². The van der Waals surface area contributed by atoms with E-state index in [0.29, 0.717) is 31.1 Å². The number of benzene rings is 2. The lowest BCUT2D eigenvalue weighted by atomic mass is 9.70. The highest BCUT2D eigenvalue weighted by Crippen LogP contribution is 2.52. The van der Waals surface area contributed by atoms with E-state index in [1.807, 2.05) is 60.4 Å². The summed E-state index contributed by atoms with van der Waals surface area (Å²) in [7, 11) is 0. The second-order valence-corrected chi connectivity index (χ2v) is 8.29. The van der Waals surface area contributed by atoms with Gasteiger partial charge in [-0.15, -0.1) is 0 Å². The fourth-order valence-electron chi connectivity index (χ4n) is 5.15. The molecule has 3 aliphatic rings. The summed E-state index contributed by atoms with van der Waals surface area (Å²) < 4.78 is 17.1. The van der Waals surface area contributed by atoms with Crippen LogP contribution in [0.2, 0.25) is 0 Å². The number of rotatable bonds is 3. The molecule has 3 N–H and O–H groups in total. The molecule has 1 aromatic heterocycles. The average molecular weight is 417 g/mol. The summed E-state index contributed by atoms with van der Waals surface area (Å²) in [6, 6.07) is 15.7. The van der Waals surface area contributed by atoms with Crippen LogP contribution in [0.25, 0.3) is 0 Å². The molecule has 7 nitrogen and oxygen atoms in total. The molecule has 2 unspecified atom stereocenters. The predicted octanol–water partition coefficient (Wildman–Crippen LogP) is 2.75. The van der Waals surface area contributed by atoms with Crippen molar-refractivity contribution < 1.29 is 18.7 Å². The van der Waals surface area contributed by atoms with Crippen molar-refractivity contribution in [1.29, 1.82) is 0 Å². The van der Waals surface area contributed by atoms with E-state index < -0.39 is 5.41 Å². The van der Waals surface area contributed by atoms with Crippen molar-refractivity contribution in [3.63, 3.8) is 0 Å². The smallest absolute Gasteiger partial charge is 0.243 e. The Balaban J connectivity index is 1.54. The Morgan fingerprint density at radius 3 is 2.71 bits per heavy atom. The van der Waals surface area contributed by atoms with Gasteiger partial charge in [0.25, 0.3) is 0 Å². The molecule has 0 radical (unpaired) electrons. The van der Waals surface area contributed by atoms with Gasteiger partial charge < -0.3 is 29.8 Å². The van der Waals surface area contributed by atoms with Gasteiger partial charge in [-0.05, 0) is 53.9 Å². The molecule has 1 amide bonds. The van der Waals surface area contributed by atoms with E-state index in [2.05, 4.69) is 5.32 Å². The standard InChI is InChI=1S/C24H23N3O4/c1-14-6-7-15(31-14)11-27-20-5-3-2-4-17(20)24(23(27)28)12-26-19(10-25)16-8-21-22(9-18(16)24)30-13-29-21/h2-9,19,26H,10-13,25H2,1H3. The van der Waals surface area contributed by atoms with Crippen molar-refractivity contribution in [2.75, 3.05) is 24.8 Å². The molecule has 1 spiro atoms. The Bertz CT molecular complexity index is 1200. The van der Waals surface area contributed by atoms with Crippen LogP contribution >= 0.6 is 0 Å². The number of amides is 1. The summed E-state index contributed by atoms with van der Waals surface area (Å²) in [6.45, 7) is 3.35. The van der Waals surface area contributed by atoms with Crippen molar-refractivity contribution in [3.05, 3.63) is 76.7 Å². The first kappa shape index (κ1) is 18.5. The summed E-state index contributed by atoms with van der Waals surface area (Å²) >= 11 is 0. The molecule has 31 heavy (non-hydrogen) atoms. The van der Waals surface area contributed by atoms with Crippen LogP contribution in [0.5, 0.6) is 11.5 Å². The minimum absolute atomic E-state index is 0.0193. The van der Waals surface area contributed by atoms with Crippen molar-refractivity contribution >= 4 is 11.6 Å². The molecule has 0 aliphatic carbocycles. The Morgan fingerprint density at radius 2 is 1.94 bits per heavy atom. The number of carbonyl (C=O) groups is 1. The van der Waals surface area contributed by atoms with E-state index in [4.69, 9.17) is 19.6 Å². The zero-order valence-electron chi connectivity index (χ0n) is 17.2. The van der Waals surface area contributed by atoms with Gasteiger partial charge in [-0.2, -0.15) is 0 Å². The molecule has 0 saturated carbocycles. The first-order chi connectivity index (χ1) is 15.1. The number of hydrogen-bond acceptors (Lipinski definition) is 6. The van der Waals surface area contributed by atoms with E-state index in [9.17, 15) is 4.79 Å². The lowest BCUT2D eigenvalue weighted by molar-refractivity contribution is -0.122. The monoisotopic (exact) mass is 417 g/mol. The van der Waals surface area contributed by atoms with Gasteiger partial charge in [-0.1, -0.05) is 18.2 Å². The zero-order valence-corrected chi connectivity index (χ0v) is 17.2. The third-order valence-corrected chi connectivity index (χ3v) is 6.60. The highest BCUT2D eigenvalue weighted by atomic mass is 16.7. The summed E-state index contributed by atoms with van der Waals surface area (Å²) in [4.78, 5) is 16.0. The van der Waals surface area contributed by atoms with Gasteiger partial charge in [-0.3, -0.25) is 4.79 Å². The van der Waals surface area contributed by atoms with E-state index in [1.165, 1.54) is 0 Å². The van der Waals surface area contributed by atoms with Crippen LogP contribution in [0.3, 0.4) is 0 Å². The van der Waals surface area contributed by atoms with Gasteiger partial charge in [0, 0.05) is 24.8 Å². The van der Waals surface area contributed by atoms with E-state index >= 15 is 0 Å². The zero-order chi connectivity index (χ0) is 21.2. The van der Waals surface area contributed by atoms with Gasteiger partial charge in [0.2, 0.25) is 12.7 Å². The SMILES string of the molecule is Cc1ccc(CN2C(=O)C3(CNC(CN)c4cc5c(cc43)OCO5)c3ccccc32)o1. The van der Waals surface area contributed by atoms with E-state index in [1.54, 1.807) is 0 Å². The number of nitrogens with two attached hydrogens (primary N) is 1. The van der Waals surface area contributed by atoms with Gasteiger partial charge in [0.15, 0.2) is 11.5 Å². The largest absolute Gasteiger partial charge is 0.464 e. The van der Waals surface area contributed by atoms with Crippen LogP contribution in [0.15, 0.2) is 52.9 Å². The number of furan rings is 1. The maximum Gasteiger partial charge on any atom is 0.243 e. The molecule has 3 aliphatic heterocycles. The van der Waals surface area contributed by atoms with E-state index in [0.717, 1.165) is 33.9 Å². The molecular weight excluding hydrogens is 394 g/mol. The quantitative estimate of drug-likeness (QED) is 0.681. The predicted molar refractivity (Wildman–Crippen MR) is 114 cm³/mol. The number of ether oxygens (including phenoxy) is 2. The number of hydrogen-bond donors (Lipinski definition) is 2. The van der Waals surface area contributed by atoms with Gasteiger partial charge in [-0.25, -0.2) is 0 Å². The number of nitrogens with one attached hydrogen (secondary N) is 1. The summed E-state index contributed by atoms with van der Waals surface area (Å²) in [6.07, 6.45) is 0. The minimum atomic E-state index is -0.861. The lowest BCUT2D eigenvalue weighted by Gasteiger charge is -2.39. The molecule has 4 heterocycles. The molecular formula is C24H23N3O4.